The number of halogens is 1. The Kier molecular flexibility index (Phi) is 4.50. The van der Waals surface area contributed by atoms with Crippen LogP contribution >= 0.6 is 11.6 Å². The number of nitrogens with zero attached hydrogens (tertiary/aromatic N) is 2. The molecule has 4 nitrogen and oxygen atoms in total. The van der Waals surface area contributed by atoms with Gasteiger partial charge < -0.3 is 11.1 Å². The van der Waals surface area contributed by atoms with Gasteiger partial charge in [0.05, 0.1) is 0 Å². The smallest absolute Gasteiger partial charge is 0.151 e. The molecule has 3 N–H and O–H groups in total. The molecule has 1 unspecified atom stereocenters. The molecule has 1 heterocycles. The number of benzene rings is 1. The van der Waals surface area contributed by atoms with E-state index in [0.29, 0.717) is 11.0 Å². The topological polar surface area (TPSA) is 63.8 Å². The van der Waals surface area contributed by atoms with Gasteiger partial charge in [-0.15, -0.1) is 10.2 Å². The molecule has 0 fully saturated rings. The Hall–Kier alpha value is -1.65. The second kappa shape index (κ2) is 6.33. The summed E-state index contributed by atoms with van der Waals surface area (Å²) in [5.74, 6) is 0.708. The highest BCUT2D eigenvalue weighted by molar-refractivity contribution is 6.29. The van der Waals surface area contributed by atoms with Gasteiger partial charge in [0.25, 0.3) is 0 Å². The molecule has 0 bridgehead atoms. The zero-order valence-corrected chi connectivity index (χ0v) is 10.6. The van der Waals surface area contributed by atoms with Gasteiger partial charge in [-0.3, -0.25) is 0 Å². The quantitative estimate of drug-likeness (QED) is 0.870. The molecule has 0 amide bonds. The maximum Gasteiger partial charge on any atom is 0.151 e. The van der Waals surface area contributed by atoms with Gasteiger partial charge in [-0.2, -0.15) is 0 Å². The second-order valence-electron chi connectivity index (χ2n) is 3.97. The summed E-state index contributed by atoms with van der Waals surface area (Å²) in [6.45, 7) is 0.742. The first-order valence-corrected chi connectivity index (χ1v) is 6.17. The van der Waals surface area contributed by atoms with E-state index in [0.717, 1.165) is 18.5 Å². The van der Waals surface area contributed by atoms with Crippen molar-refractivity contribution in [3.8, 4) is 0 Å². The predicted molar refractivity (Wildman–Crippen MR) is 73.5 cm³/mol. The summed E-state index contributed by atoms with van der Waals surface area (Å²) in [7, 11) is 0. The van der Waals surface area contributed by atoms with Crippen LogP contribution in [0.4, 0.5) is 5.82 Å². The Bertz CT molecular complexity index is 472. The lowest BCUT2D eigenvalue weighted by Gasteiger charge is -2.12. The van der Waals surface area contributed by atoms with Crippen molar-refractivity contribution >= 4 is 17.4 Å². The average Bonchev–Trinajstić information content (AvgIpc) is 2.42. The molecule has 0 spiro atoms. The normalized spacial score (nSPS) is 12.1. The van der Waals surface area contributed by atoms with Gasteiger partial charge in [-0.05, 0) is 24.1 Å². The minimum Gasteiger partial charge on any atom is -0.369 e. The van der Waals surface area contributed by atoms with Crippen molar-refractivity contribution in [3.05, 3.63) is 53.2 Å². The van der Waals surface area contributed by atoms with Crippen LogP contribution in [0.3, 0.4) is 0 Å². The fourth-order valence-electron chi connectivity index (χ4n) is 1.63. The predicted octanol–water partition coefficient (Wildman–Crippen LogP) is 2.63. The molecule has 0 aliphatic carbocycles. The number of nitrogens with two attached hydrogens (primary N) is 1. The summed E-state index contributed by atoms with van der Waals surface area (Å²) in [6.07, 6.45) is 0.828. The van der Waals surface area contributed by atoms with Crippen molar-refractivity contribution in [3.63, 3.8) is 0 Å². The van der Waals surface area contributed by atoms with E-state index >= 15 is 0 Å². The van der Waals surface area contributed by atoms with E-state index in [1.807, 2.05) is 30.3 Å². The number of nitrogens with one attached hydrogen (secondary N) is 1. The molecule has 1 atom stereocenters. The van der Waals surface area contributed by atoms with Crippen LogP contribution in [0.15, 0.2) is 42.5 Å². The van der Waals surface area contributed by atoms with Crippen LogP contribution < -0.4 is 11.1 Å². The van der Waals surface area contributed by atoms with Crippen molar-refractivity contribution < 1.29 is 0 Å². The van der Waals surface area contributed by atoms with Gasteiger partial charge in [0.2, 0.25) is 0 Å². The monoisotopic (exact) mass is 262 g/mol. The molecule has 0 saturated heterocycles. The molecule has 0 radical (unpaired) electrons. The van der Waals surface area contributed by atoms with E-state index < -0.39 is 0 Å². The summed E-state index contributed by atoms with van der Waals surface area (Å²) < 4.78 is 0. The summed E-state index contributed by atoms with van der Waals surface area (Å²) >= 11 is 5.65. The van der Waals surface area contributed by atoms with Crippen LogP contribution in [0.5, 0.6) is 0 Å². The van der Waals surface area contributed by atoms with E-state index in [4.69, 9.17) is 17.3 Å². The number of anilines is 1. The summed E-state index contributed by atoms with van der Waals surface area (Å²) in [5, 5.41) is 11.2. The van der Waals surface area contributed by atoms with E-state index in [9.17, 15) is 0 Å². The molecular weight excluding hydrogens is 248 g/mol. The largest absolute Gasteiger partial charge is 0.369 e. The molecule has 0 aliphatic heterocycles. The van der Waals surface area contributed by atoms with Gasteiger partial charge in [0.15, 0.2) is 5.15 Å². The first-order valence-electron chi connectivity index (χ1n) is 5.79. The lowest BCUT2D eigenvalue weighted by atomic mass is 10.1. The molecule has 18 heavy (non-hydrogen) atoms. The molecule has 94 valence electrons. The van der Waals surface area contributed by atoms with E-state index in [-0.39, 0.29) is 6.04 Å². The highest BCUT2D eigenvalue weighted by Gasteiger charge is 2.04. The molecule has 2 aromatic rings. The lowest BCUT2D eigenvalue weighted by Crippen LogP contribution is -2.15. The minimum atomic E-state index is 0.0268. The number of rotatable bonds is 5. The number of hydrogen-bond donors (Lipinski definition) is 2. The summed E-state index contributed by atoms with van der Waals surface area (Å²) in [6, 6.07) is 13.6. The zero-order valence-electron chi connectivity index (χ0n) is 9.88. The maximum atomic E-state index is 6.09. The number of aromatic nitrogens is 2. The molecule has 1 aromatic heterocycles. The van der Waals surface area contributed by atoms with Crippen LogP contribution in [0.25, 0.3) is 0 Å². The molecule has 1 aromatic carbocycles. The minimum absolute atomic E-state index is 0.0268. The first-order chi connectivity index (χ1) is 8.75. The van der Waals surface area contributed by atoms with Crippen LogP contribution in [0, 0.1) is 0 Å². The molecule has 0 aliphatic rings. The molecule has 0 saturated carbocycles. The second-order valence-corrected chi connectivity index (χ2v) is 4.36. The Morgan fingerprint density at radius 3 is 2.56 bits per heavy atom. The maximum absolute atomic E-state index is 6.09. The fraction of sp³-hybridized carbons (Fsp3) is 0.231. The van der Waals surface area contributed by atoms with Crippen molar-refractivity contribution in [1.29, 1.82) is 0 Å². The third-order valence-corrected chi connectivity index (χ3v) is 2.82. The third kappa shape index (κ3) is 3.68. The van der Waals surface area contributed by atoms with Crippen molar-refractivity contribution in [2.75, 3.05) is 11.9 Å². The van der Waals surface area contributed by atoms with E-state index in [1.165, 1.54) is 0 Å². The Labute approximate surface area is 111 Å². The zero-order chi connectivity index (χ0) is 12.8. The van der Waals surface area contributed by atoms with Gasteiger partial charge in [0, 0.05) is 12.6 Å². The average molecular weight is 263 g/mol. The Morgan fingerprint density at radius 1 is 1.11 bits per heavy atom. The van der Waals surface area contributed by atoms with Crippen LogP contribution in [0.1, 0.15) is 18.0 Å². The van der Waals surface area contributed by atoms with E-state index in [1.54, 1.807) is 12.1 Å². The summed E-state index contributed by atoms with van der Waals surface area (Å²) in [5.41, 5.74) is 7.23. The lowest BCUT2D eigenvalue weighted by molar-refractivity contribution is 0.673. The van der Waals surface area contributed by atoms with Crippen molar-refractivity contribution in [2.45, 2.75) is 12.5 Å². The van der Waals surface area contributed by atoms with Crippen molar-refractivity contribution in [2.24, 2.45) is 5.73 Å². The van der Waals surface area contributed by atoms with Gasteiger partial charge >= 0.3 is 0 Å². The fourth-order valence-corrected chi connectivity index (χ4v) is 1.73. The van der Waals surface area contributed by atoms with Crippen LogP contribution in [-0.2, 0) is 0 Å². The SMILES string of the molecule is NC(CCNc1ccc(Cl)nn1)c1ccccc1. The highest BCUT2D eigenvalue weighted by Crippen LogP contribution is 2.13. The standard InChI is InChI=1S/C13H15ClN4/c14-12-6-7-13(18-17-12)16-9-8-11(15)10-4-2-1-3-5-10/h1-7,11H,8-9,15H2,(H,16,18). The molecule has 5 heteroatoms. The highest BCUT2D eigenvalue weighted by atomic mass is 35.5. The Balaban J connectivity index is 1.80. The van der Waals surface area contributed by atoms with Gasteiger partial charge in [0.1, 0.15) is 5.82 Å². The molecule has 2 rings (SSSR count). The third-order valence-electron chi connectivity index (χ3n) is 2.62. The van der Waals surface area contributed by atoms with Gasteiger partial charge in [-0.25, -0.2) is 0 Å². The van der Waals surface area contributed by atoms with E-state index in [2.05, 4.69) is 15.5 Å². The number of hydrogen-bond acceptors (Lipinski definition) is 4. The first kappa shape index (κ1) is 12.8. The molecular formula is C13H15ClN4. The van der Waals surface area contributed by atoms with Crippen molar-refractivity contribution in [1.82, 2.24) is 10.2 Å². The van der Waals surface area contributed by atoms with Gasteiger partial charge in [-0.1, -0.05) is 41.9 Å². The van der Waals surface area contributed by atoms with Crippen LogP contribution in [0.2, 0.25) is 5.15 Å². The Morgan fingerprint density at radius 2 is 1.89 bits per heavy atom. The van der Waals surface area contributed by atoms with Crippen LogP contribution in [-0.4, -0.2) is 16.7 Å². The summed E-state index contributed by atoms with van der Waals surface area (Å²) in [4.78, 5) is 0.